The maximum Gasteiger partial charge on any atom is 0.337 e. The smallest absolute Gasteiger partial charge is 0.337 e. The number of hydrogen-bond donors (Lipinski definition) is 0. The summed E-state index contributed by atoms with van der Waals surface area (Å²) in [5.41, 5.74) is 1.23. The van der Waals surface area contributed by atoms with Crippen LogP contribution in [0.25, 0.3) is 0 Å². The van der Waals surface area contributed by atoms with E-state index in [-0.39, 0.29) is 5.97 Å². The molecule has 0 bridgehead atoms. The van der Waals surface area contributed by atoms with Crippen LogP contribution in [0.1, 0.15) is 16.1 Å². The van der Waals surface area contributed by atoms with Crippen molar-refractivity contribution in [2.24, 2.45) is 4.99 Å². The summed E-state index contributed by atoms with van der Waals surface area (Å²) in [6.07, 6.45) is 1.63. The zero-order valence-electron chi connectivity index (χ0n) is 9.89. The van der Waals surface area contributed by atoms with Gasteiger partial charge < -0.3 is 9.15 Å². The zero-order chi connectivity index (χ0) is 13.8. The van der Waals surface area contributed by atoms with E-state index in [4.69, 9.17) is 4.42 Å². The molecule has 1 aromatic carbocycles. The van der Waals surface area contributed by atoms with E-state index < -0.39 is 0 Å². The minimum atomic E-state index is -0.361. The minimum Gasteiger partial charge on any atom is -0.465 e. The lowest BCUT2D eigenvalue weighted by atomic mass is 10.2. The zero-order valence-corrected chi connectivity index (χ0v) is 13.6. The van der Waals surface area contributed by atoms with Crippen LogP contribution in [0.2, 0.25) is 0 Å². The lowest BCUT2D eigenvalue weighted by Gasteiger charge is -1.98. The molecule has 19 heavy (non-hydrogen) atoms. The highest BCUT2D eigenvalue weighted by molar-refractivity contribution is 14.1. The van der Waals surface area contributed by atoms with Crippen LogP contribution >= 0.6 is 38.5 Å². The average Bonchev–Trinajstić information content (AvgIpc) is 2.75. The Hall–Kier alpha value is -1.15. The van der Waals surface area contributed by atoms with Crippen LogP contribution in [-0.4, -0.2) is 19.3 Å². The van der Waals surface area contributed by atoms with Crippen molar-refractivity contribution in [3.8, 4) is 0 Å². The van der Waals surface area contributed by atoms with Gasteiger partial charge in [-0.15, -0.1) is 0 Å². The fraction of sp³-hybridized carbons (Fsp3) is 0.0769. The van der Waals surface area contributed by atoms with E-state index in [1.807, 2.05) is 6.07 Å². The topological polar surface area (TPSA) is 51.8 Å². The van der Waals surface area contributed by atoms with E-state index in [1.165, 1.54) is 7.11 Å². The maximum atomic E-state index is 11.3. The molecule has 0 fully saturated rings. The third-order valence-corrected chi connectivity index (χ3v) is 4.43. The molecular formula is C13H9BrINO3. The Morgan fingerprint density at radius 2 is 2.11 bits per heavy atom. The molecule has 2 aromatic rings. The summed E-state index contributed by atoms with van der Waals surface area (Å²) in [5, 5.41) is 0. The van der Waals surface area contributed by atoms with Gasteiger partial charge in [-0.1, -0.05) is 0 Å². The van der Waals surface area contributed by atoms with Crippen LogP contribution in [0.15, 0.2) is 44.2 Å². The van der Waals surface area contributed by atoms with Crippen LogP contribution in [0.4, 0.5) is 5.69 Å². The Labute approximate surface area is 132 Å². The van der Waals surface area contributed by atoms with Crippen molar-refractivity contribution in [1.29, 1.82) is 0 Å². The molecule has 0 saturated heterocycles. The van der Waals surface area contributed by atoms with E-state index in [9.17, 15) is 4.79 Å². The van der Waals surface area contributed by atoms with Gasteiger partial charge in [-0.05, 0) is 40.2 Å². The highest BCUT2D eigenvalue weighted by Crippen LogP contribution is 2.22. The Morgan fingerprint density at radius 1 is 1.42 bits per heavy atom. The first-order valence-corrected chi connectivity index (χ1v) is 7.14. The first-order chi connectivity index (χ1) is 9.10. The van der Waals surface area contributed by atoms with Gasteiger partial charge in [0.1, 0.15) is 5.76 Å². The molecule has 1 aromatic heterocycles. The Balaban J connectivity index is 2.13. The second-order valence-electron chi connectivity index (χ2n) is 3.57. The molecular weight excluding hydrogens is 425 g/mol. The fourth-order valence-electron chi connectivity index (χ4n) is 1.37. The number of carbonyl (C=O) groups excluding carboxylic acids is 1. The van der Waals surface area contributed by atoms with E-state index in [2.05, 4.69) is 48.3 Å². The van der Waals surface area contributed by atoms with Crippen molar-refractivity contribution in [1.82, 2.24) is 0 Å². The molecule has 0 saturated carbocycles. The number of ether oxygens (including phenoxy) is 1. The van der Waals surface area contributed by atoms with Crippen LogP contribution < -0.4 is 0 Å². The predicted molar refractivity (Wildman–Crippen MR) is 84.2 cm³/mol. The Kier molecular flexibility index (Phi) is 4.76. The van der Waals surface area contributed by atoms with Gasteiger partial charge in [0.25, 0.3) is 0 Å². The minimum absolute atomic E-state index is 0.361. The summed E-state index contributed by atoms with van der Waals surface area (Å²) in [6.45, 7) is 0. The van der Waals surface area contributed by atoms with Crippen molar-refractivity contribution in [3.05, 3.63) is 49.9 Å². The third kappa shape index (κ3) is 3.66. The molecule has 0 aliphatic heterocycles. The van der Waals surface area contributed by atoms with Crippen LogP contribution in [0, 0.1) is 3.77 Å². The van der Waals surface area contributed by atoms with Crippen molar-refractivity contribution in [3.63, 3.8) is 0 Å². The summed E-state index contributed by atoms with van der Waals surface area (Å²) in [6, 6.07) is 8.66. The largest absolute Gasteiger partial charge is 0.465 e. The number of methoxy groups -OCH3 is 1. The number of aliphatic imine (C=N–C) groups is 1. The van der Waals surface area contributed by atoms with Gasteiger partial charge in [0, 0.05) is 28.7 Å². The molecule has 2 rings (SSSR count). The van der Waals surface area contributed by atoms with Crippen LogP contribution in [-0.2, 0) is 4.74 Å². The summed E-state index contributed by atoms with van der Waals surface area (Å²) in [4.78, 5) is 15.5. The van der Waals surface area contributed by atoms with Gasteiger partial charge >= 0.3 is 5.97 Å². The molecule has 0 spiro atoms. The maximum absolute atomic E-state index is 11.3. The van der Waals surface area contributed by atoms with E-state index in [1.54, 1.807) is 30.5 Å². The van der Waals surface area contributed by atoms with Crippen molar-refractivity contribution >= 4 is 56.4 Å². The molecule has 1 heterocycles. The average molecular weight is 434 g/mol. The summed E-state index contributed by atoms with van der Waals surface area (Å²) >= 11 is 5.45. The number of benzene rings is 1. The van der Waals surface area contributed by atoms with Crippen LogP contribution in [0.5, 0.6) is 0 Å². The molecule has 0 N–H and O–H groups in total. The SMILES string of the molecule is COC(=O)c1ccc(N=Cc2cc(Br)c(I)o2)cc1. The molecule has 0 atom stereocenters. The lowest BCUT2D eigenvalue weighted by Crippen LogP contribution is -1.99. The summed E-state index contributed by atoms with van der Waals surface area (Å²) in [7, 11) is 1.35. The number of carbonyl (C=O) groups is 1. The van der Waals surface area contributed by atoms with E-state index >= 15 is 0 Å². The normalized spacial score (nSPS) is 10.9. The molecule has 0 aliphatic rings. The standard InChI is InChI=1S/C13H9BrINO3/c1-18-13(17)8-2-4-9(5-3-8)16-7-10-6-11(14)12(15)19-10/h2-7H,1H3. The summed E-state index contributed by atoms with van der Waals surface area (Å²) in [5.74, 6) is 0.299. The summed E-state index contributed by atoms with van der Waals surface area (Å²) < 4.78 is 11.7. The molecule has 0 unspecified atom stereocenters. The van der Waals surface area contributed by atoms with Crippen LogP contribution in [0.3, 0.4) is 0 Å². The van der Waals surface area contributed by atoms with Gasteiger partial charge in [-0.25, -0.2) is 4.79 Å². The molecule has 6 heteroatoms. The Morgan fingerprint density at radius 3 is 2.63 bits per heavy atom. The lowest BCUT2D eigenvalue weighted by molar-refractivity contribution is 0.0601. The highest BCUT2D eigenvalue weighted by Gasteiger charge is 2.05. The van der Waals surface area contributed by atoms with Crippen molar-refractivity contribution in [2.75, 3.05) is 7.11 Å². The Bertz CT molecular complexity index is 600. The highest BCUT2D eigenvalue weighted by atomic mass is 127. The second-order valence-corrected chi connectivity index (χ2v) is 5.40. The molecule has 4 nitrogen and oxygen atoms in total. The first-order valence-electron chi connectivity index (χ1n) is 5.27. The van der Waals surface area contributed by atoms with Gasteiger partial charge in [-0.2, -0.15) is 0 Å². The number of halogens is 2. The quantitative estimate of drug-likeness (QED) is 0.414. The van der Waals surface area contributed by atoms with Gasteiger partial charge in [0.05, 0.1) is 29.0 Å². The number of rotatable bonds is 3. The van der Waals surface area contributed by atoms with Gasteiger partial charge in [-0.3, -0.25) is 4.99 Å². The monoisotopic (exact) mass is 433 g/mol. The van der Waals surface area contributed by atoms with Crippen molar-refractivity contribution in [2.45, 2.75) is 0 Å². The first kappa shape index (κ1) is 14.3. The van der Waals surface area contributed by atoms with E-state index in [0.29, 0.717) is 11.3 Å². The fourth-order valence-corrected chi connectivity index (χ4v) is 2.08. The number of hydrogen-bond acceptors (Lipinski definition) is 4. The molecule has 0 radical (unpaired) electrons. The number of esters is 1. The molecule has 98 valence electrons. The second kappa shape index (κ2) is 6.33. The van der Waals surface area contributed by atoms with Crippen molar-refractivity contribution < 1.29 is 13.9 Å². The van der Waals surface area contributed by atoms with Gasteiger partial charge in [0.15, 0.2) is 3.77 Å². The molecule has 0 amide bonds. The molecule has 0 aliphatic carbocycles. The van der Waals surface area contributed by atoms with Gasteiger partial charge in [0.2, 0.25) is 0 Å². The number of furan rings is 1. The number of nitrogens with zero attached hydrogens (tertiary/aromatic N) is 1. The van der Waals surface area contributed by atoms with E-state index in [0.717, 1.165) is 13.9 Å². The third-order valence-electron chi connectivity index (χ3n) is 2.29. The predicted octanol–water partition coefficient (Wildman–Crippen LogP) is 4.18.